The molecule has 0 aliphatic carbocycles. The number of sulfonamides is 1. The van der Waals surface area contributed by atoms with Crippen molar-refractivity contribution in [3.8, 4) is 0 Å². The number of nitrogens with one attached hydrogen (secondary N) is 2. The van der Waals surface area contributed by atoms with E-state index in [-0.39, 0.29) is 21.5 Å². The number of nitro benzene ring substituents is 1. The maximum absolute atomic E-state index is 11.4. The van der Waals surface area contributed by atoms with Crippen LogP contribution in [0.3, 0.4) is 0 Å². The molecule has 0 spiro atoms. The number of primary sulfonamides is 1. The molecule has 0 bridgehead atoms. The SMILES string of the molecule is NS(=O)(=O)c1ccc(Nc2ccc(NCC[SH]3C=CC=C3)c([N+](=O)[O-])c2)cc1. The number of rotatable bonds is 8. The van der Waals surface area contributed by atoms with E-state index < -0.39 is 14.9 Å². The lowest BCUT2D eigenvalue weighted by atomic mass is 10.2. The van der Waals surface area contributed by atoms with Gasteiger partial charge in [0.25, 0.3) is 5.69 Å². The molecule has 1 aliphatic heterocycles. The van der Waals surface area contributed by atoms with Crippen LogP contribution in [0.25, 0.3) is 0 Å². The van der Waals surface area contributed by atoms with Crippen molar-refractivity contribution in [3.63, 3.8) is 0 Å². The molecule has 2 aromatic rings. The van der Waals surface area contributed by atoms with E-state index in [4.69, 9.17) is 5.14 Å². The van der Waals surface area contributed by atoms with Gasteiger partial charge in [0.15, 0.2) is 0 Å². The van der Waals surface area contributed by atoms with Crippen LogP contribution in [0.5, 0.6) is 0 Å². The highest BCUT2D eigenvalue weighted by molar-refractivity contribution is 8.22. The van der Waals surface area contributed by atoms with E-state index in [1.165, 1.54) is 18.2 Å². The fraction of sp³-hybridized carbons (Fsp3) is 0.111. The van der Waals surface area contributed by atoms with Gasteiger partial charge in [0, 0.05) is 24.0 Å². The van der Waals surface area contributed by atoms with Crippen LogP contribution in [0.15, 0.2) is 70.3 Å². The molecule has 0 aromatic heterocycles. The van der Waals surface area contributed by atoms with Crippen molar-refractivity contribution in [3.05, 3.63) is 75.5 Å². The topological polar surface area (TPSA) is 127 Å². The molecule has 1 aliphatic rings. The highest BCUT2D eigenvalue weighted by Gasteiger charge is 2.15. The van der Waals surface area contributed by atoms with Gasteiger partial charge < -0.3 is 10.6 Å². The highest BCUT2D eigenvalue weighted by Crippen LogP contribution is 2.33. The second-order valence-corrected chi connectivity index (χ2v) is 9.66. The molecular weight excluding hydrogens is 400 g/mol. The summed E-state index contributed by atoms with van der Waals surface area (Å²) in [5, 5.41) is 27.0. The van der Waals surface area contributed by atoms with Crippen LogP contribution in [0.4, 0.5) is 22.7 Å². The summed E-state index contributed by atoms with van der Waals surface area (Å²) >= 11 is 0. The Hall–Kier alpha value is -2.82. The van der Waals surface area contributed by atoms with Gasteiger partial charge in [0.1, 0.15) is 5.69 Å². The molecule has 1 heterocycles. The summed E-state index contributed by atoms with van der Waals surface area (Å²) in [6, 6.07) is 10.7. The Bertz CT molecular complexity index is 1020. The molecule has 0 unspecified atom stereocenters. The molecule has 28 heavy (non-hydrogen) atoms. The van der Waals surface area contributed by atoms with Gasteiger partial charge in [-0.3, -0.25) is 10.1 Å². The predicted molar refractivity (Wildman–Crippen MR) is 115 cm³/mol. The van der Waals surface area contributed by atoms with Gasteiger partial charge >= 0.3 is 0 Å². The van der Waals surface area contributed by atoms with E-state index >= 15 is 0 Å². The normalized spacial score (nSPS) is 14.2. The minimum absolute atomic E-state index is 0.00260. The van der Waals surface area contributed by atoms with Gasteiger partial charge in [0.05, 0.1) is 9.82 Å². The molecule has 2 aromatic carbocycles. The summed E-state index contributed by atoms with van der Waals surface area (Å²) in [7, 11) is -4.04. The fourth-order valence-corrected chi connectivity index (χ4v) is 4.57. The van der Waals surface area contributed by atoms with E-state index in [0.29, 0.717) is 23.6 Å². The molecule has 8 nitrogen and oxygen atoms in total. The van der Waals surface area contributed by atoms with Crippen LogP contribution in [-0.4, -0.2) is 25.6 Å². The number of hydrogen-bond acceptors (Lipinski definition) is 6. The van der Waals surface area contributed by atoms with Crippen LogP contribution >= 0.6 is 10.9 Å². The van der Waals surface area contributed by atoms with Crippen molar-refractivity contribution in [1.82, 2.24) is 0 Å². The van der Waals surface area contributed by atoms with Gasteiger partial charge in [0.2, 0.25) is 10.0 Å². The van der Waals surface area contributed by atoms with Crippen molar-refractivity contribution < 1.29 is 13.3 Å². The summed E-state index contributed by atoms with van der Waals surface area (Å²) in [6.07, 6.45) is 4.04. The molecule has 3 rings (SSSR count). The summed E-state index contributed by atoms with van der Waals surface area (Å²) < 4.78 is 22.6. The average molecular weight is 421 g/mol. The zero-order valence-corrected chi connectivity index (χ0v) is 16.5. The van der Waals surface area contributed by atoms with Crippen LogP contribution in [0.1, 0.15) is 0 Å². The molecule has 0 fully saturated rings. The summed E-state index contributed by atoms with van der Waals surface area (Å²) in [4.78, 5) is 11.0. The molecule has 148 valence electrons. The number of nitro groups is 1. The van der Waals surface area contributed by atoms with Crippen molar-refractivity contribution in [2.75, 3.05) is 22.9 Å². The molecule has 0 radical (unpaired) electrons. The van der Waals surface area contributed by atoms with Crippen LogP contribution in [0.2, 0.25) is 0 Å². The first-order valence-electron chi connectivity index (χ1n) is 8.36. The summed E-state index contributed by atoms with van der Waals surface area (Å²) in [6.45, 7) is 0.642. The molecular formula is C18H20N4O4S2. The number of allylic oxidation sites excluding steroid dienone is 2. The third kappa shape index (κ3) is 5.12. The Morgan fingerprint density at radius 3 is 2.29 bits per heavy atom. The maximum Gasteiger partial charge on any atom is 0.294 e. The van der Waals surface area contributed by atoms with E-state index in [1.807, 2.05) is 12.2 Å². The van der Waals surface area contributed by atoms with Crippen LogP contribution in [-0.2, 0) is 10.0 Å². The lowest BCUT2D eigenvalue weighted by Crippen LogP contribution is -2.11. The third-order valence-electron chi connectivity index (χ3n) is 4.02. The predicted octanol–water partition coefficient (Wildman–Crippen LogP) is 3.44. The number of anilines is 3. The monoisotopic (exact) mass is 420 g/mol. The number of hydrogen-bond donors (Lipinski definition) is 4. The third-order valence-corrected chi connectivity index (χ3v) is 6.80. The summed E-state index contributed by atoms with van der Waals surface area (Å²) in [5.74, 6) is 0.913. The smallest absolute Gasteiger partial charge is 0.294 e. The lowest BCUT2D eigenvalue weighted by Gasteiger charge is -2.13. The van der Waals surface area contributed by atoms with Gasteiger partial charge in [-0.2, -0.15) is 0 Å². The first kappa shape index (κ1) is 19.9. The van der Waals surface area contributed by atoms with Gasteiger partial charge in [-0.25, -0.2) is 24.5 Å². The Balaban J connectivity index is 1.70. The first-order chi connectivity index (χ1) is 13.3. The van der Waals surface area contributed by atoms with Crippen LogP contribution < -0.4 is 15.8 Å². The number of nitrogens with zero attached hydrogens (tertiary/aromatic N) is 1. The van der Waals surface area contributed by atoms with Crippen molar-refractivity contribution in [2.45, 2.75) is 4.90 Å². The van der Waals surface area contributed by atoms with Gasteiger partial charge in [-0.05, 0) is 53.0 Å². The number of nitrogens with two attached hydrogens (primary N) is 1. The number of benzene rings is 2. The fourth-order valence-electron chi connectivity index (χ4n) is 2.64. The maximum atomic E-state index is 11.4. The highest BCUT2D eigenvalue weighted by atomic mass is 32.2. The number of thiol groups is 1. The second kappa shape index (κ2) is 8.46. The standard InChI is InChI=1S/C18H20N4O4S2/c19-28(25,26)16-6-3-14(4-7-16)21-15-5-8-17(18(13-15)22(23)24)20-9-12-27-10-1-2-11-27/h1-8,10-11,13,20-21,27H,9,12H2,(H2,19,25,26). The van der Waals surface area contributed by atoms with Crippen molar-refractivity contribution in [1.29, 1.82) is 0 Å². The largest absolute Gasteiger partial charge is 0.379 e. The molecule has 10 heteroatoms. The van der Waals surface area contributed by atoms with Gasteiger partial charge in [-0.15, -0.1) is 0 Å². The van der Waals surface area contributed by atoms with E-state index in [1.54, 1.807) is 24.3 Å². The molecule has 0 atom stereocenters. The van der Waals surface area contributed by atoms with Crippen molar-refractivity contribution in [2.24, 2.45) is 5.14 Å². The molecule has 0 saturated carbocycles. The Morgan fingerprint density at radius 1 is 1.04 bits per heavy atom. The Morgan fingerprint density at radius 2 is 1.68 bits per heavy atom. The minimum Gasteiger partial charge on any atom is -0.379 e. The van der Waals surface area contributed by atoms with Crippen LogP contribution in [0, 0.1) is 10.1 Å². The Kier molecular flexibility index (Phi) is 6.02. The van der Waals surface area contributed by atoms with E-state index in [0.717, 1.165) is 5.75 Å². The van der Waals surface area contributed by atoms with E-state index in [9.17, 15) is 18.5 Å². The molecule has 0 amide bonds. The molecule has 0 saturated heterocycles. The average Bonchev–Trinajstić information content (AvgIpc) is 3.16. The second-order valence-electron chi connectivity index (χ2n) is 6.03. The van der Waals surface area contributed by atoms with Gasteiger partial charge in [-0.1, -0.05) is 12.2 Å². The zero-order chi connectivity index (χ0) is 20.1. The van der Waals surface area contributed by atoms with Crippen molar-refractivity contribution >= 4 is 43.7 Å². The first-order valence-corrected chi connectivity index (χ1v) is 11.6. The quantitative estimate of drug-likeness (QED) is 0.294. The molecule has 4 N–H and O–H groups in total. The summed E-state index contributed by atoms with van der Waals surface area (Å²) in [5.41, 5.74) is 1.54. The lowest BCUT2D eigenvalue weighted by molar-refractivity contribution is -0.383. The zero-order valence-electron chi connectivity index (χ0n) is 14.8. The Labute approximate surface area is 165 Å². The van der Waals surface area contributed by atoms with E-state index in [2.05, 4.69) is 21.4 Å². The minimum atomic E-state index is -3.76.